The Bertz CT molecular complexity index is 770. The summed E-state index contributed by atoms with van der Waals surface area (Å²) in [6.07, 6.45) is -0.594. The van der Waals surface area contributed by atoms with Crippen LogP contribution in [0.2, 0.25) is 0 Å². The van der Waals surface area contributed by atoms with Crippen molar-refractivity contribution in [2.45, 2.75) is 19.4 Å². The predicted molar refractivity (Wildman–Crippen MR) is 83.3 cm³/mol. The van der Waals surface area contributed by atoms with Crippen LogP contribution >= 0.6 is 7.60 Å². The zero-order chi connectivity index (χ0) is 15.7. The Kier molecular flexibility index (Phi) is 4.04. The Morgan fingerprint density at radius 3 is 2.77 bits per heavy atom. The van der Waals surface area contributed by atoms with Crippen LogP contribution in [0.1, 0.15) is 25.0 Å². The number of benzene rings is 2. The fourth-order valence-electron chi connectivity index (χ4n) is 2.76. The van der Waals surface area contributed by atoms with Crippen LogP contribution in [0.3, 0.4) is 0 Å². The smallest absolute Gasteiger partial charge is 0.362 e. The highest BCUT2D eigenvalue weighted by Gasteiger charge is 2.44. The number of rotatable bonds is 4. The number of carbonyl (C=O) groups is 1. The summed E-state index contributed by atoms with van der Waals surface area (Å²) in [6, 6.07) is 11.4. The van der Waals surface area contributed by atoms with Crippen LogP contribution < -0.4 is 5.30 Å². The molecule has 22 heavy (non-hydrogen) atoms. The van der Waals surface area contributed by atoms with Gasteiger partial charge in [0.15, 0.2) is 0 Å². The molecular weight excluding hydrogens is 303 g/mol. The minimum absolute atomic E-state index is 0.0128. The summed E-state index contributed by atoms with van der Waals surface area (Å²) in [7, 11) is -2.12. The van der Waals surface area contributed by atoms with Crippen molar-refractivity contribution in [3.8, 4) is 0 Å². The fraction of sp³-hybridized carbons (Fsp3) is 0.312. The molecule has 2 atom stereocenters. The van der Waals surface area contributed by atoms with Gasteiger partial charge in [0.1, 0.15) is 6.10 Å². The average Bonchev–Trinajstić information content (AvgIpc) is 2.80. The molecule has 116 valence electrons. The molecule has 1 aliphatic rings. The van der Waals surface area contributed by atoms with Crippen molar-refractivity contribution < 1.29 is 23.1 Å². The first-order chi connectivity index (χ1) is 10.6. The summed E-state index contributed by atoms with van der Waals surface area (Å²) in [5, 5.41) is 2.37. The molecule has 5 nitrogen and oxygen atoms in total. The molecule has 1 heterocycles. The third-order valence-electron chi connectivity index (χ3n) is 3.70. The van der Waals surface area contributed by atoms with Crippen LogP contribution in [0.5, 0.6) is 0 Å². The van der Waals surface area contributed by atoms with Gasteiger partial charge in [-0.25, -0.2) is 0 Å². The molecule has 0 amide bonds. The van der Waals surface area contributed by atoms with Crippen molar-refractivity contribution in [1.29, 1.82) is 0 Å². The lowest BCUT2D eigenvalue weighted by Crippen LogP contribution is -2.10. The predicted octanol–water partition coefficient (Wildman–Crippen LogP) is 3.33. The van der Waals surface area contributed by atoms with E-state index >= 15 is 0 Å². The topological polar surface area (TPSA) is 61.8 Å². The maximum absolute atomic E-state index is 13.1. The van der Waals surface area contributed by atoms with Gasteiger partial charge in [-0.2, -0.15) is 0 Å². The normalized spacial score (nSPS) is 23.5. The van der Waals surface area contributed by atoms with Crippen LogP contribution in [0.4, 0.5) is 0 Å². The SMILES string of the molecule is CCOP1(=O)O[C@@H](CC(=O)OC)c2ccc3ccccc3c21. The Balaban J connectivity index is 2.17. The van der Waals surface area contributed by atoms with Gasteiger partial charge in [0.05, 0.1) is 25.4 Å². The zero-order valence-electron chi connectivity index (χ0n) is 12.4. The Labute approximate surface area is 128 Å². The largest absolute Gasteiger partial charge is 0.469 e. The molecule has 0 aliphatic carbocycles. The number of esters is 1. The second-order valence-corrected chi connectivity index (χ2v) is 6.93. The van der Waals surface area contributed by atoms with E-state index in [2.05, 4.69) is 0 Å². The Morgan fingerprint density at radius 2 is 2.05 bits per heavy atom. The van der Waals surface area contributed by atoms with Gasteiger partial charge >= 0.3 is 13.6 Å². The van der Waals surface area contributed by atoms with E-state index in [-0.39, 0.29) is 13.0 Å². The van der Waals surface area contributed by atoms with Gasteiger partial charge in [0.25, 0.3) is 0 Å². The maximum Gasteiger partial charge on any atom is 0.362 e. The highest BCUT2D eigenvalue weighted by atomic mass is 31.2. The third-order valence-corrected chi connectivity index (χ3v) is 5.87. The molecule has 0 saturated carbocycles. The molecule has 6 heteroatoms. The zero-order valence-corrected chi connectivity index (χ0v) is 13.3. The van der Waals surface area contributed by atoms with Crippen LogP contribution in [-0.4, -0.2) is 19.7 Å². The first-order valence-electron chi connectivity index (χ1n) is 7.11. The lowest BCUT2D eigenvalue weighted by molar-refractivity contribution is -0.142. The van der Waals surface area contributed by atoms with Crippen LogP contribution in [0, 0.1) is 0 Å². The van der Waals surface area contributed by atoms with E-state index < -0.39 is 19.7 Å². The van der Waals surface area contributed by atoms with Crippen molar-refractivity contribution in [2.75, 3.05) is 13.7 Å². The summed E-state index contributed by atoms with van der Waals surface area (Å²) >= 11 is 0. The molecule has 0 bridgehead atoms. The first kappa shape index (κ1) is 15.2. The van der Waals surface area contributed by atoms with Gasteiger partial charge in [-0.3, -0.25) is 13.9 Å². The summed E-state index contributed by atoms with van der Waals surface area (Å²) in [5.41, 5.74) is 0.737. The van der Waals surface area contributed by atoms with Gasteiger partial charge in [0, 0.05) is 0 Å². The van der Waals surface area contributed by atoms with Crippen LogP contribution in [-0.2, 0) is 23.1 Å². The van der Waals surface area contributed by atoms with E-state index in [4.69, 9.17) is 13.8 Å². The van der Waals surface area contributed by atoms with E-state index in [0.717, 1.165) is 16.3 Å². The van der Waals surface area contributed by atoms with Gasteiger partial charge in [-0.15, -0.1) is 0 Å². The molecule has 1 aliphatic heterocycles. The quantitative estimate of drug-likeness (QED) is 0.639. The molecular formula is C16H17O5P. The number of methoxy groups -OCH3 is 1. The summed E-state index contributed by atoms with van der Waals surface area (Å²) in [5.74, 6) is -0.408. The van der Waals surface area contributed by atoms with Gasteiger partial charge in [-0.05, 0) is 23.3 Å². The minimum Gasteiger partial charge on any atom is -0.469 e. The molecule has 0 spiro atoms. The molecule has 0 fully saturated rings. The molecule has 0 N–H and O–H groups in total. The second-order valence-electron chi connectivity index (χ2n) is 5.01. The summed E-state index contributed by atoms with van der Waals surface area (Å²) in [6.45, 7) is 2.03. The molecule has 0 radical (unpaired) electrons. The van der Waals surface area contributed by atoms with E-state index in [1.165, 1.54) is 7.11 Å². The van der Waals surface area contributed by atoms with Gasteiger partial charge in [0.2, 0.25) is 0 Å². The minimum atomic E-state index is -3.44. The number of hydrogen-bond donors (Lipinski definition) is 0. The van der Waals surface area contributed by atoms with E-state index in [1.54, 1.807) is 6.92 Å². The highest BCUT2D eigenvalue weighted by molar-refractivity contribution is 7.63. The monoisotopic (exact) mass is 320 g/mol. The lowest BCUT2D eigenvalue weighted by atomic mass is 10.0. The van der Waals surface area contributed by atoms with Crippen molar-refractivity contribution in [3.63, 3.8) is 0 Å². The molecule has 0 aromatic heterocycles. The average molecular weight is 320 g/mol. The highest BCUT2D eigenvalue weighted by Crippen LogP contribution is 2.59. The van der Waals surface area contributed by atoms with E-state index in [1.807, 2.05) is 36.4 Å². The van der Waals surface area contributed by atoms with Crippen molar-refractivity contribution >= 4 is 29.6 Å². The lowest BCUT2D eigenvalue weighted by Gasteiger charge is -2.14. The van der Waals surface area contributed by atoms with Crippen molar-refractivity contribution in [1.82, 2.24) is 0 Å². The molecule has 0 saturated heterocycles. The molecule has 1 unspecified atom stereocenters. The number of carbonyl (C=O) groups excluding carboxylic acids is 1. The fourth-order valence-corrected chi connectivity index (χ4v) is 4.95. The number of fused-ring (bicyclic) bond motifs is 3. The van der Waals surface area contributed by atoms with Gasteiger partial charge < -0.3 is 9.26 Å². The maximum atomic E-state index is 13.1. The van der Waals surface area contributed by atoms with E-state index in [0.29, 0.717) is 5.30 Å². The first-order valence-corrected chi connectivity index (χ1v) is 8.65. The summed E-state index contributed by atoms with van der Waals surface area (Å²) < 4.78 is 29.0. The standard InChI is InChI=1S/C16H17O5P/c1-3-20-22(18)16-12-7-5-4-6-11(12)8-9-13(16)14(21-22)10-15(17)19-2/h4-9,14H,3,10H2,1-2H3/t14-,22?/m0/s1. The number of ether oxygens (including phenoxy) is 1. The molecule has 3 rings (SSSR count). The van der Waals surface area contributed by atoms with Gasteiger partial charge in [-0.1, -0.05) is 36.4 Å². The van der Waals surface area contributed by atoms with Crippen LogP contribution in [0.15, 0.2) is 36.4 Å². The third kappa shape index (κ3) is 2.45. The Hall–Kier alpha value is -1.68. The second kappa shape index (κ2) is 5.84. The van der Waals surface area contributed by atoms with E-state index in [9.17, 15) is 9.36 Å². The molecule has 2 aromatic carbocycles. The summed E-state index contributed by atoms with van der Waals surface area (Å²) in [4.78, 5) is 11.6. The Morgan fingerprint density at radius 1 is 1.27 bits per heavy atom. The van der Waals surface area contributed by atoms with Crippen LogP contribution in [0.25, 0.3) is 10.8 Å². The molecule has 2 aromatic rings. The number of hydrogen-bond acceptors (Lipinski definition) is 5. The van der Waals surface area contributed by atoms with Crippen molar-refractivity contribution in [3.05, 3.63) is 42.0 Å². The van der Waals surface area contributed by atoms with Crippen molar-refractivity contribution in [2.24, 2.45) is 0 Å².